The summed E-state index contributed by atoms with van der Waals surface area (Å²) in [5.74, 6) is 0.282. The fourth-order valence-corrected chi connectivity index (χ4v) is 3.74. The molecule has 0 atom stereocenters. The summed E-state index contributed by atoms with van der Waals surface area (Å²) in [4.78, 5) is 43.9. The summed E-state index contributed by atoms with van der Waals surface area (Å²) in [5, 5.41) is 5.56. The number of piperidine rings is 1. The highest BCUT2D eigenvalue weighted by Crippen LogP contribution is 2.27. The molecule has 1 fully saturated rings. The Balaban J connectivity index is 1.48. The number of ether oxygens (including phenoxy) is 1. The molecule has 0 unspecified atom stereocenters. The third-order valence-corrected chi connectivity index (χ3v) is 5.33. The van der Waals surface area contributed by atoms with Crippen LogP contribution in [0.2, 0.25) is 0 Å². The molecule has 1 aliphatic heterocycles. The maximum Gasteiger partial charge on any atom is 0.410 e. The highest BCUT2D eigenvalue weighted by Gasteiger charge is 2.29. The van der Waals surface area contributed by atoms with E-state index in [1.165, 1.54) is 23.0 Å². The second-order valence-corrected chi connectivity index (χ2v) is 8.87. The molecule has 0 aliphatic carbocycles. The molecule has 10 heteroatoms. The molecule has 0 radical (unpaired) electrons. The molecule has 32 heavy (non-hydrogen) atoms. The van der Waals surface area contributed by atoms with E-state index in [4.69, 9.17) is 9.15 Å². The van der Waals surface area contributed by atoms with Gasteiger partial charge in [0.2, 0.25) is 0 Å². The van der Waals surface area contributed by atoms with Gasteiger partial charge >= 0.3 is 6.09 Å². The van der Waals surface area contributed by atoms with Crippen LogP contribution in [0.5, 0.6) is 0 Å². The molecule has 1 aliphatic rings. The first-order valence-electron chi connectivity index (χ1n) is 10.6. The quantitative estimate of drug-likeness (QED) is 0.642. The zero-order chi connectivity index (χ0) is 22.9. The lowest BCUT2D eigenvalue weighted by Gasteiger charge is -2.33. The first kappa shape index (κ1) is 21.7. The van der Waals surface area contributed by atoms with Gasteiger partial charge in [-0.3, -0.25) is 14.7 Å². The largest absolute Gasteiger partial charge is 0.467 e. The van der Waals surface area contributed by atoms with E-state index >= 15 is 0 Å². The van der Waals surface area contributed by atoms with Gasteiger partial charge in [-0.15, -0.1) is 0 Å². The van der Waals surface area contributed by atoms with E-state index in [0.29, 0.717) is 37.4 Å². The maximum atomic E-state index is 12.7. The van der Waals surface area contributed by atoms with Gasteiger partial charge in [0.25, 0.3) is 11.5 Å². The van der Waals surface area contributed by atoms with Crippen molar-refractivity contribution in [3.8, 4) is 0 Å². The van der Waals surface area contributed by atoms with Crippen molar-refractivity contribution in [2.24, 2.45) is 0 Å². The van der Waals surface area contributed by atoms with Crippen molar-refractivity contribution >= 4 is 17.6 Å². The van der Waals surface area contributed by atoms with Gasteiger partial charge in [0, 0.05) is 31.3 Å². The van der Waals surface area contributed by atoms with Crippen molar-refractivity contribution in [1.82, 2.24) is 24.8 Å². The van der Waals surface area contributed by atoms with E-state index in [2.05, 4.69) is 15.4 Å². The minimum Gasteiger partial charge on any atom is -0.467 e. The van der Waals surface area contributed by atoms with Crippen LogP contribution in [0.15, 0.2) is 39.9 Å². The Bertz CT molecular complexity index is 1160. The molecular weight excluding hydrogens is 414 g/mol. The molecule has 0 spiro atoms. The lowest BCUT2D eigenvalue weighted by molar-refractivity contribution is 0.0204. The Morgan fingerprint density at radius 1 is 1.31 bits per heavy atom. The molecule has 0 aromatic carbocycles. The van der Waals surface area contributed by atoms with Crippen LogP contribution in [-0.4, -0.2) is 50.2 Å². The van der Waals surface area contributed by atoms with E-state index in [9.17, 15) is 14.4 Å². The first-order chi connectivity index (χ1) is 15.2. The highest BCUT2D eigenvalue weighted by atomic mass is 16.6. The Morgan fingerprint density at radius 3 is 2.72 bits per heavy atom. The molecule has 0 saturated carbocycles. The molecule has 1 saturated heterocycles. The smallest absolute Gasteiger partial charge is 0.410 e. The van der Waals surface area contributed by atoms with E-state index in [1.807, 2.05) is 20.8 Å². The summed E-state index contributed by atoms with van der Waals surface area (Å²) in [6.07, 6.45) is 3.99. The number of carbonyl (C=O) groups excluding carboxylic acids is 2. The molecule has 2 amide bonds. The van der Waals surface area contributed by atoms with Crippen LogP contribution in [0, 0.1) is 0 Å². The second kappa shape index (κ2) is 8.52. The predicted octanol–water partition coefficient (Wildman–Crippen LogP) is 2.66. The molecule has 3 aromatic rings. The summed E-state index contributed by atoms with van der Waals surface area (Å²) >= 11 is 0. The molecule has 170 valence electrons. The zero-order valence-corrected chi connectivity index (χ0v) is 18.4. The molecule has 4 rings (SSSR count). The molecule has 0 bridgehead atoms. The lowest BCUT2D eigenvalue weighted by Crippen LogP contribution is -2.41. The summed E-state index contributed by atoms with van der Waals surface area (Å²) in [6, 6.07) is 5.00. The number of hydrogen-bond acceptors (Lipinski definition) is 6. The standard InChI is InChI=1S/C22H27N5O5/c1-22(2,3)32-21(30)26-8-6-14(7-9-26)17-11-18(28)27-19(25-17)16(13-24-27)20(29)23-12-15-5-4-10-31-15/h4-5,10-11,13-14,24H,6-9,12H2,1-3H3,(H,23,29). The summed E-state index contributed by atoms with van der Waals surface area (Å²) < 4.78 is 11.9. The zero-order valence-electron chi connectivity index (χ0n) is 18.4. The van der Waals surface area contributed by atoms with Crippen molar-refractivity contribution in [2.75, 3.05) is 13.1 Å². The minimum absolute atomic E-state index is 0.0142. The molecule has 3 aromatic heterocycles. The van der Waals surface area contributed by atoms with Crippen molar-refractivity contribution in [3.05, 3.63) is 58.0 Å². The fraction of sp³-hybridized carbons (Fsp3) is 0.455. The molecule has 10 nitrogen and oxygen atoms in total. The molecular formula is C22H27N5O5. The number of likely N-dealkylation sites (tertiary alicyclic amines) is 1. The number of nitrogens with one attached hydrogen (secondary N) is 2. The van der Waals surface area contributed by atoms with Gasteiger partial charge in [-0.2, -0.15) is 0 Å². The average molecular weight is 441 g/mol. The first-order valence-corrected chi connectivity index (χ1v) is 10.6. The van der Waals surface area contributed by atoms with Crippen molar-refractivity contribution < 1.29 is 18.7 Å². The van der Waals surface area contributed by atoms with Crippen LogP contribution >= 0.6 is 0 Å². The Morgan fingerprint density at radius 2 is 2.06 bits per heavy atom. The number of nitrogens with zero attached hydrogens (tertiary/aromatic N) is 3. The lowest BCUT2D eigenvalue weighted by atomic mass is 9.93. The summed E-state index contributed by atoms with van der Waals surface area (Å²) in [6.45, 7) is 6.78. The normalized spacial score (nSPS) is 15.2. The number of amides is 2. The van der Waals surface area contributed by atoms with E-state index < -0.39 is 5.60 Å². The Hall–Kier alpha value is -3.56. The van der Waals surface area contributed by atoms with Crippen LogP contribution in [0.4, 0.5) is 4.79 Å². The average Bonchev–Trinajstić information content (AvgIpc) is 3.41. The number of H-pyrrole nitrogens is 1. The third-order valence-electron chi connectivity index (χ3n) is 5.33. The van der Waals surface area contributed by atoms with Crippen LogP contribution in [0.25, 0.3) is 5.65 Å². The van der Waals surface area contributed by atoms with Gasteiger partial charge in [0.1, 0.15) is 16.9 Å². The highest BCUT2D eigenvalue weighted by molar-refractivity contribution is 5.99. The van der Waals surface area contributed by atoms with E-state index in [-0.39, 0.29) is 41.2 Å². The van der Waals surface area contributed by atoms with Gasteiger partial charge in [0.05, 0.1) is 18.5 Å². The Labute approximate surface area is 184 Å². The van der Waals surface area contributed by atoms with Gasteiger partial charge in [0.15, 0.2) is 5.65 Å². The maximum absolute atomic E-state index is 12.7. The van der Waals surface area contributed by atoms with Crippen molar-refractivity contribution in [2.45, 2.75) is 51.7 Å². The SMILES string of the molecule is CC(C)(C)OC(=O)N1CCC(c2cc(=O)n3[nH]cc(C(=O)NCc4ccco4)c3n2)CC1. The van der Waals surface area contributed by atoms with Crippen LogP contribution in [0.3, 0.4) is 0 Å². The van der Waals surface area contributed by atoms with E-state index in [0.717, 1.165) is 0 Å². The van der Waals surface area contributed by atoms with Crippen molar-refractivity contribution in [1.29, 1.82) is 0 Å². The monoisotopic (exact) mass is 441 g/mol. The van der Waals surface area contributed by atoms with Crippen molar-refractivity contribution in [3.63, 3.8) is 0 Å². The number of hydrogen-bond donors (Lipinski definition) is 2. The predicted molar refractivity (Wildman–Crippen MR) is 115 cm³/mol. The van der Waals surface area contributed by atoms with E-state index in [1.54, 1.807) is 17.0 Å². The van der Waals surface area contributed by atoms with Crippen LogP contribution < -0.4 is 10.9 Å². The van der Waals surface area contributed by atoms with Gasteiger partial charge < -0.3 is 19.4 Å². The minimum atomic E-state index is -0.544. The fourth-order valence-electron chi connectivity index (χ4n) is 3.74. The number of carbonyl (C=O) groups is 2. The van der Waals surface area contributed by atoms with Gasteiger partial charge in [-0.25, -0.2) is 14.3 Å². The number of fused-ring (bicyclic) bond motifs is 1. The summed E-state index contributed by atoms with van der Waals surface area (Å²) in [5.41, 5.74) is 0.348. The molecule has 2 N–H and O–H groups in total. The third kappa shape index (κ3) is 4.68. The Kier molecular flexibility index (Phi) is 5.77. The second-order valence-electron chi connectivity index (χ2n) is 8.87. The van der Waals surface area contributed by atoms with Gasteiger partial charge in [-0.05, 0) is 45.7 Å². The van der Waals surface area contributed by atoms with Crippen LogP contribution in [0.1, 0.15) is 61.3 Å². The van der Waals surface area contributed by atoms with Crippen LogP contribution in [-0.2, 0) is 11.3 Å². The number of aromatic amines is 1. The topological polar surface area (TPSA) is 122 Å². The summed E-state index contributed by atoms with van der Waals surface area (Å²) in [7, 11) is 0. The number of aromatic nitrogens is 3. The number of furan rings is 1. The number of rotatable bonds is 4. The van der Waals surface area contributed by atoms with Gasteiger partial charge in [-0.1, -0.05) is 0 Å². The molecule has 4 heterocycles.